The molecule has 9 heteroatoms. The molecule has 0 bridgehead atoms. The minimum absolute atomic E-state index is 0.0647. The zero-order valence-electron chi connectivity index (χ0n) is 20.8. The second kappa shape index (κ2) is 13.0. The van der Waals surface area contributed by atoms with Crippen LogP contribution in [0, 0.1) is 0 Å². The molecule has 0 saturated carbocycles. The number of para-hydroxylation sites is 1. The molecule has 3 rings (SSSR count). The topological polar surface area (TPSA) is 91.7 Å². The van der Waals surface area contributed by atoms with Crippen LogP contribution < -0.4 is 25.1 Å². The molecule has 2 aromatic carbocycles. The molecule has 0 radical (unpaired) electrons. The van der Waals surface area contributed by atoms with Crippen molar-refractivity contribution >= 4 is 28.6 Å². The highest BCUT2D eigenvalue weighted by Crippen LogP contribution is 2.34. The Labute approximate surface area is 210 Å². The van der Waals surface area contributed by atoms with Gasteiger partial charge in [-0.3, -0.25) is 14.2 Å². The number of carbonyl (C=O) groups is 1. The summed E-state index contributed by atoms with van der Waals surface area (Å²) in [5.41, 5.74) is 1.34. The monoisotopic (exact) mass is 499 g/mol. The first-order valence-corrected chi connectivity index (χ1v) is 12.7. The Morgan fingerprint density at radius 1 is 1.00 bits per heavy atom. The predicted octanol–water partition coefficient (Wildman–Crippen LogP) is 4.41. The second-order valence-corrected chi connectivity index (χ2v) is 8.96. The van der Waals surface area contributed by atoms with Crippen LogP contribution in [0.4, 0.5) is 0 Å². The van der Waals surface area contributed by atoms with Gasteiger partial charge in [-0.2, -0.15) is 0 Å². The molecule has 8 nitrogen and oxygen atoms in total. The van der Waals surface area contributed by atoms with Gasteiger partial charge in [-0.25, -0.2) is 4.98 Å². The number of aromatic nitrogens is 2. The van der Waals surface area contributed by atoms with Crippen molar-refractivity contribution in [2.24, 2.45) is 0 Å². The van der Waals surface area contributed by atoms with Gasteiger partial charge in [0.15, 0.2) is 16.7 Å². The molecule has 35 heavy (non-hydrogen) atoms. The van der Waals surface area contributed by atoms with E-state index in [0.29, 0.717) is 39.9 Å². The van der Waals surface area contributed by atoms with Crippen molar-refractivity contribution < 1.29 is 19.0 Å². The van der Waals surface area contributed by atoms with E-state index in [0.717, 1.165) is 31.2 Å². The van der Waals surface area contributed by atoms with Gasteiger partial charge in [-0.05, 0) is 24.6 Å². The fraction of sp³-hybridized carbons (Fsp3) is 0.423. The molecule has 1 N–H and O–H groups in total. The number of methoxy groups -OCH3 is 3. The number of hydrogen-bond acceptors (Lipinski definition) is 7. The molecule has 0 spiro atoms. The molecule has 1 aromatic heterocycles. The van der Waals surface area contributed by atoms with E-state index in [2.05, 4.69) is 17.2 Å². The number of nitrogens with one attached hydrogen (secondary N) is 1. The Hall–Kier alpha value is -3.20. The maximum atomic E-state index is 13.1. The highest BCUT2D eigenvalue weighted by molar-refractivity contribution is 7.99. The Bertz CT molecular complexity index is 1210. The zero-order valence-corrected chi connectivity index (χ0v) is 21.6. The number of unbranched alkanes of at least 4 members (excludes halogenated alkanes) is 3. The van der Waals surface area contributed by atoms with Gasteiger partial charge in [-0.1, -0.05) is 50.1 Å². The number of ether oxygens (including phenoxy) is 3. The van der Waals surface area contributed by atoms with E-state index in [1.807, 2.05) is 18.2 Å². The van der Waals surface area contributed by atoms with Gasteiger partial charge in [-0.15, -0.1) is 0 Å². The number of nitrogens with zero attached hydrogens (tertiary/aromatic N) is 2. The van der Waals surface area contributed by atoms with Crippen LogP contribution in [0.25, 0.3) is 10.9 Å². The Balaban J connectivity index is 1.72. The highest BCUT2D eigenvalue weighted by atomic mass is 32.2. The first kappa shape index (κ1) is 26.4. The molecule has 188 valence electrons. The summed E-state index contributed by atoms with van der Waals surface area (Å²) in [6.45, 7) is 3.00. The van der Waals surface area contributed by atoms with Gasteiger partial charge in [0.2, 0.25) is 5.91 Å². The fourth-order valence-corrected chi connectivity index (χ4v) is 4.61. The van der Waals surface area contributed by atoms with Crippen LogP contribution in [0.15, 0.2) is 46.3 Å². The number of thioether (sulfide) groups is 1. The maximum absolute atomic E-state index is 13.1. The summed E-state index contributed by atoms with van der Waals surface area (Å²) in [6, 6.07) is 10.8. The third-order valence-corrected chi connectivity index (χ3v) is 6.63. The summed E-state index contributed by atoms with van der Waals surface area (Å²) >= 11 is 1.27. The van der Waals surface area contributed by atoms with Gasteiger partial charge in [0.05, 0.1) is 38.0 Å². The van der Waals surface area contributed by atoms with Crippen LogP contribution in [0.2, 0.25) is 0 Å². The Kier molecular flexibility index (Phi) is 9.84. The number of hydrogen-bond donors (Lipinski definition) is 1. The summed E-state index contributed by atoms with van der Waals surface area (Å²) in [5, 5.41) is 4.07. The molecule has 0 aliphatic heterocycles. The molecule has 1 amide bonds. The van der Waals surface area contributed by atoms with E-state index in [-0.39, 0.29) is 23.8 Å². The predicted molar refractivity (Wildman–Crippen MR) is 139 cm³/mol. The van der Waals surface area contributed by atoms with Crippen molar-refractivity contribution in [3.05, 3.63) is 52.3 Å². The van der Waals surface area contributed by atoms with Crippen LogP contribution in [-0.2, 0) is 17.9 Å². The van der Waals surface area contributed by atoms with Crippen LogP contribution >= 0.6 is 11.8 Å². The first-order valence-electron chi connectivity index (χ1n) is 11.7. The van der Waals surface area contributed by atoms with Crippen molar-refractivity contribution in [2.45, 2.75) is 50.9 Å². The van der Waals surface area contributed by atoms with E-state index in [4.69, 9.17) is 14.2 Å². The van der Waals surface area contributed by atoms with E-state index in [1.54, 1.807) is 44.1 Å². The summed E-state index contributed by atoms with van der Waals surface area (Å²) in [4.78, 5) is 30.5. The van der Waals surface area contributed by atoms with Crippen molar-refractivity contribution in [3.63, 3.8) is 0 Å². The van der Waals surface area contributed by atoms with Gasteiger partial charge in [0, 0.05) is 24.7 Å². The number of fused-ring (bicyclic) bond motifs is 1. The SMILES string of the molecule is CCCCCCn1c(SCC(=O)NCc2cc(OC)c(OC)cc2OC)nc2ccccc2c1=O. The molecule has 1 heterocycles. The number of carbonyl (C=O) groups excluding carboxylic acids is 1. The largest absolute Gasteiger partial charge is 0.496 e. The zero-order chi connectivity index (χ0) is 25.2. The average Bonchev–Trinajstić information content (AvgIpc) is 2.89. The van der Waals surface area contributed by atoms with Crippen molar-refractivity contribution in [1.82, 2.24) is 14.9 Å². The second-order valence-electron chi connectivity index (χ2n) is 8.01. The molecule has 0 aliphatic carbocycles. The maximum Gasteiger partial charge on any atom is 0.262 e. The van der Waals surface area contributed by atoms with Gasteiger partial charge < -0.3 is 19.5 Å². The lowest BCUT2D eigenvalue weighted by molar-refractivity contribution is -0.118. The summed E-state index contributed by atoms with van der Waals surface area (Å²) in [7, 11) is 4.68. The first-order chi connectivity index (χ1) is 17.0. The summed E-state index contributed by atoms with van der Waals surface area (Å²) in [5.74, 6) is 1.66. The molecule has 0 unspecified atom stereocenters. The number of rotatable bonds is 13. The number of amides is 1. The van der Waals surface area contributed by atoms with Gasteiger partial charge in [0.25, 0.3) is 5.56 Å². The summed E-state index contributed by atoms with van der Waals surface area (Å²) in [6.07, 6.45) is 4.19. The molecule has 0 saturated heterocycles. The minimum atomic E-state index is -0.174. The molecule has 0 atom stereocenters. The van der Waals surface area contributed by atoms with Crippen molar-refractivity contribution in [3.8, 4) is 17.2 Å². The smallest absolute Gasteiger partial charge is 0.262 e. The summed E-state index contributed by atoms with van der Waals surface area (Å²) < 4.78 is 17.8. The van der Waals surface area contributed by atoms with E-state index in [9.17, 15) is 9.59 Å². The van der Waals surface area contributed by atoms with Crippen LogP contribution in [-0.4, -0.2) is 42.5 Å². The number of benzene rings is 2. The third kappa shape index (κ3) is 6.69. The minimum Gasteiger partial charge on any atom is -0.496 e. The lowest BCUT2D eigenvalue weighted by atomic mass is 10.1. The molecule has 0 aliphatic rings. The lowest BCUT2D eigenvalue weighted by Crippen LogP contribution is -2.27. The van der Waals surface area contributed by atoms with E-state index >= 15 is 0 Å². The normalized spacial score (nSPS) is 10.9. The van der Waals surface area contributed by atoms with Crippen molar-refractivity contribution in [2.75, 3.05) is 27.1 Å². The fourth-order valence-electron chi connectivity index (χ4n) is 3.76. The van der Waals surface area contributed by atoms with Crippen LogP contribution in [0.1, 0.15) is 38.2 Å². The van der Waals surface area contributed by atoms with Gasteiger partial charge >= 0.3 is 0 Å². The Morgan fingerprint density at radius 2 is 1.71 bits per heavy atom. The van der Waals surface area contributed by atoms with E-state index in [1.165, 1.54) is 11.8 Å². The molecule has 3 aromatic rings. The quantitative estimate of drug-likeness (QED) is 0.212. The van der Waals surface area contributed by atoms with Crippen LogP contribution in [0.5, 0.6) is 17.2 Å². The molecular formula is C26H33N3O5S. The van der Waals surface area contributed by atoms with Crippen LogP contribution in [0.3, 0.4) is 0 Å². The third-order valence-electron chi connectivity index (χ3n) is 5.66. The standard InChI is InChI=1S/C26H33N3O5S/c1-5-6-7-10-13-29-25(31)19-11-8-9-12-20(19)28-26(29)35-17-24(30)27-16-18-14-22(33-3)23(34-4)15-21(18)32-2/h8-9,11-12,14-15H,5-7,10,13,16-17H2,1-4H3,(H,27,30). The van der Waals surface area contributed by atoms with E-state index < -0.39 is 0 Å². The van der Waals surface area contributed by atoms with Gasteiger partial charge in [0.1, 0.15) is 5.75 Å². The highest BCUT2D eigenvalue weighted by Gasteiger charge is 2.15. The lowest BCUT2D eigenvalue weighted by Gasteiger charge is -2.15. The molecule has 0 fully saturated rings. The molecular weight excluding hydrogens is 466 g/mol. The Morgan fingerprint density at radius 3 is 2.43 bits per heavy atom. The van der Waals surface area contributed by atoms with Crippen molar-refractivity contribution in [1.29, 1.82) is 0 Å². The average molecular weight is 500 g/mol.